The summed E-state index contributed by atoms with van der Waals surface area (Å²) in [6, 6.07) is 6.96. The first-order valence-electron chi connectivity index (χ1n) is 7.68. The molecule has 0 unspecified atom stereocenters. The maximum atomic E-state index is 9.84. The molecule has 4 atom stereocenters. The zero-order valence-corrected chi connectivity index (χ0v) is 12.8. The zero-order chi connectivity index (χ0) is 14.5. The lowest BCUT2D eigenvalue weighted by Gasteiger charge is -2.55. The predicted molar refractivity (Wildman–Crippen MR) is 83.1 cm³/mol. The summed E-state index contributed by atoms with van der Waals surface area (Å²) in [4.78, 5) is 2.61. The molecule has 0 radical (unpaired) electrons. The molecular weight excluding hydrogens is 246 g/mol. The van der Waals surface area contributed by atoms with E-state index in [0.29, 0.717) is 23.8 Å². The van der Waals surface area contributed by atoms with E-state index < -0.39 is 0 Å². The summed E-state index contributed by atoms with van der Waals surface area (Å²) in [6.07, 6.45) is 4.30. The molecule has 1 aromatic rings. The number of benzene rings is 1. The highest BCUT2D eigenvalue weighted by molar-refractivity contribution is 5.44. The number of hydrogen-bond acceptors (Lipinski definition) is 2. The third-order valence-electron chi connectivity index (χ3n) is 5.90. The first-order valence-corrected chi connectivity index (χ1v) is 7.68. The van der Waals surface area contributed by atoms with Crippen LogP contribution >= 0.6 is 0 Å². The number of phenols is 1. The number of piperidine rings is 1. The van der Waals surface area contributed by atoms with Crippen LogP contribution in [-0.4, -0.2) is 28.6 Å². The average Bonchev–Trinajstić information content (AvgIpc) is 2.43. The second kappa shape index (κ2) is 4.63. The Hall–Kier alpha value is -1.28. The molecule has 0 spiro atoms. The molecule has 108 valence electrons. The molecular formula is C18H25NO. The Morgan fingerprint density at radius 3 is 2.95 bits per heavy atom. The number of fused-ring (bicyclic) bond motifs is 4. The van der Waals surface area contributed by atoms with Crippen molar-refractivity contribution >= 4 is 0 Å². The van der Waals surface area contributed by atoms with E-state index in [1.165, 1.54) is 11.1 Å². The van der Waals surface area contributed by atoms with Gasteiger partial charge in [-0.05, 0) is 60.9 Å². The van der Waals surface area contributed by atoms with Gasteiger partial charge in [0.05, 0.1) is 0 Å². The van der Waals surface area contributed by atoms with E-state index in [0.717, 1.165) is 19.4 Å². The van der Waals surface area contributed by atoms with Crippen molar-refractivity contribution in [2.24, 2.45) is 5.92 Å². The van der Waals surface area contributed by atoms with E-state index in [1.807, 2.05) is 12.1 Å². The maximum Gasteiger partial charge on any atom is 0.115 e. The van der Waals surface area contributed by atoms with Crippen molar-refractivity contribution in [3.63, 3.8) is 0 Å². The Labute approximate surface area is 122 Å². The molecule has 2 heteroatoms. The summed E-state index contributed by atoms with van der Waals surface area (Å²) in [7, 11) is 0. The normalized spacial score (nSPS) is 34.4. The SMILES string of the molecule is C=C[C@H](C)N1CC[C@@]2(C)c3cc(O)ccc3C[C@H]1[C@H]2C. The lowest BCUT2D eigenvalue weighted by molar-refractivity contribution is 0.0180. The van der Waals surface area contributed by atoms with E-state index in [2.05, 4.69) is 44.4 Å². The Morgan fingerprint density at radius 2 is 2.25 bits per heavy atom. The summed E-state index contributed by atoms with van der Waals surface area (Å²) in [6.45, 7) is 12.1. The summed E-state index contributed by atoms with van der Waals surface area (Å²) >= 11 is 0. The van der Waals surface area contributed by atoms with Crippen molar-refractivity contribution in [3.8, 4) is 5.75 Å². The van der Waals surface area contributed by atoms with Gasteiger partial charge >= 0.3 is 0 Å². The summed E-state index contributed by atoms with van der Waals surface area (Å²) in [5, 5.41) is 9.84. The minimum Gasteiger partial charge on any atom is -0.508 e. The van der Waals surface area contributed by atoms with E-state index in [1.54, 1.807) is 0 Å². The molecule has 1 N–H and O–H groups in total. The molecule has 2 bridgehead atoms. The molecule has 2 nitrogen and oxygen atoms in total. The average molecular weight is 271 g/mol. The van der Waals surface area contributed by atoms with Gasteiger partial charge in [-0.3, -0.25) is 4.90 Å². The molecule has 3 rings (SSSR count). The molecule has 1 aromatic carbocycles. The van der Waals surface area contributed by atoms with E-state index >= 15 is 0 Å². The van der Waals surface area contributed by atoms with Crippen LogP contribution in [-0.2, 0) is 11.8 Å². The molecule has 1 aliphatic carbocycles. The highest BCUT2D eigenvalue weighted by Gasteiger charge is 2.48. The number of phenolic OH excluding ortho intramolecular Hbond substituents is 1. The lowest BCUT2D eigenvalue weighted by atomic mass is 9.59. The van der Waals surface area contributed by atoms with Gasteiger partial charge in [0.1, 0.15) is 5.75 Å². The molecule has 1 saturated heterocycles. The van der Waals surface area contributed by atoms with Crippen molar-refractivity contribution in [2.45, 2.75) is 51.1 Å². The first kappa shape index (κ1) is 13.7. The maximum absolute atomic E-state index is 9.84. The van der Waals surface area contributed by atoms with Crippen LogP contribution in [0, 0.1) is 5.92 Å². The van der Waals surface area contributed by atoms with Crippen LogP contribution in [0.1, 0.15) is 38.3 Å². The van der Waals surface area contributed by atoms with Gasteiger partial charge in [0.15, 0.2) is 0 Å². The summed E-state index contributed by atoms with van der Waals surface area (Å²) < 4.78 is 0. The van der Waals surface area contributed by atoms with Gasteiger partial charge in [0, 0.05) is 12.1 Å². The fraction of sp³-hybridized carbons (Fsp3) is 0.556. The van der Waals surface area contributed by atoms with Crippen LogP contribution in [0.5, 0.6) is 5.75 Å². The summed E-state index contributed by atoms with van der Waals surface area (Å²) in [5.74, 6) is 1.01. The monoisotopic (exact) mass is 271 g/mol. The quantitative estimate of drug-likeness (QED) is 0.832. The van der Waals surface area contributed by atoms with Crippen LogP contribution in [0.4, 0.5) is 0 Å². The predicted octanol–water partition coefficient (Wildman–Crippen LogP) is 3.49. The van der Waals surface area contributed by atoms with Crippen LogP contribution in [0.3, 0.4) is 0 Å². The highest BCUT2D eigenvalue weighted by Crippen LogP contribution is 2.49. The fourth-order valence-electron chi connectivity index (χ4n) is 4.28. The molecule has 0 saturated carbocycles. The topological polar surface area (TPSA) is 23.5 Å². The van der Waals surface area contributed by atoms with E-state index in [-0.39, 0.29) is 5.41 Å². The molecule has 0 aromatic heterocycles. The molecule has 20 heavy (non-hydrogen) atoms. The van der Waals surface area contributed by atoms with Gasteiger partial charge in [0.25, 0.3) is 0 Å². The van der Waals surface area contributed by atoms with Crippen molar-refractivity contribution in [1.29, 1.82) is 0 Å². The smallest absolute Gasteiger partial charge is 0.115 e. The van der Waals surface area contributed by atoms with Crippen molar-refractivity contribution in [2.75, 3.05) is 6.54 Å². The third-order valence-corrected chi connectivity index (χ3v) is 5.90. The Balaban J connectivity index is 2.06. The second-order valence-corrected chi connectivity index (χ2v) is 6.78. The third kappa shape index (κ3) is 1.81. The number of aromatic hydroxyl groups is 1. The van der Waals surface area contributed by atoms with Crippen molar-refractivity contribution < 1.29 is 5.11 Å². The van der Waals surface area contributed by atoms with Gasteiger partial charge in [-0.15, -0.1) is 6.58 Å². The van der Waals surface area contributed by atoms with Crippen molar-refractivity contribution in [3.05, 3.63) is 42.0 Å². The lowest BCUT2D eigenvalue weighted by Crippen LogP contribution is -2.59. The molecule has 0 amide bonds. The molecule has 2 aliphatic rings. The van der Waals surface area contributed by atoms with Gasteiger partial charge in [-0.2, -0.15) is 0 Å². The van der Waals surface area contributed by atoms with Crippen molar-refractivity contribution in [1.82, 2.24) is 4.90 Å². The van der Waals surface area contributed by atoms with Crippen LogP contribution in [0.2, 0.25) is 0 Å². The van der Waals surface area contributed by atoms with Gasteiger partial charge in [-0.25, -0.2) is 0 Å². The highest BCUT2D eigenvalue weighted by atomic mass is 16.3. The van der Waals surface area contributed by atoms with Gasteiger partial charge in [-0.1, -0.05) is 26.0 Å². The minimum absolute atomic E-state index is 0.189. The second-order valence-electron chi connectivity index (χ2n) is 6.78. The Kier molecular flexibility index (Phi) is 3.17. The van der Waals surface area contributed by atoms with Gasteiger partial charge < -0.3 is 5.11 Å². The molecule has 1 heterocycles. The molecule has 1 fully saturated rings. The Bertz CT molecular complexity index is 538. The number of nitrogens with zero attached hydrogens (tertiary/aromatic N) is 1. The Morgan fingerprint density at radius 1 is 1.50 bits per heavy atom. The number of hydrogen-bond donors (Lipinski definition) is 1. The zero-order valence-electron chi connectivity index (χ0n) is 12.8. The number of rotatable bonds is 2. The van der Waals surface area contributed by atoms with Crippen LogP contribution in [0.25, 0.3) is 0 Å². The van der Waals surface area contributed by atoms with E-state index in [4.69, 9.17) is 0 Å². The van der Waals surface area contributed by atoms with Crippen LogP contribution in [0.15, 0.2) is 30.9 Å². The van der Waals surface area contributed by atoms with Gasteiger partial charge in [0.2, 0.25) is 0 Å². The largest absolute Gasteiger partial charge is 0.508 e. The van der Waals surface area contributed by atoms with Crippen LogP contribution < -0.4 is 0 Å². The summed E-state index contributed by atoms with van der Waals surface area (Å²) in [5.41, 5.74) is 2.97. The minimum atomic E-state index is 0.189. The number of likely N-dealkylation sites (tertiary alicyclic amines) is 1. The standard InChI is InChI=1S/C18H25NO/c1-5-12(2)19-9-8-18(4)13(3)17(19)10-14-6-7-15(20)11-16(14)18/h5-7,11-13,17,20H,1,8-10H2,2-4H3/t12-,13+,17-,18+/m0/s1. The van der Waals surface area contributed by atoms with E-state index in [9.17, 15) is 5.11 Å². The first-order chi connectivity index (χ1) is 9.47. The molecule has 1 aliphatic heterocycles. The fourth-order valence-corrected chi connectivity index (χ4v) is 4.28.